The van der Waals surface area contributed by atoms with Gasteiger partial charge in [0.1, 0.15) is 0 Å². The summed E-state index contributed by atoms with van der Waals surface area (Å²) in [6.45, 7) is 3.65. The molecular formula is C33H38N2O. The van der Waals surface area contributed by atoms with Gasteiger partial charge in [-0.3, -0.25) is 9.69 Å². The van der Waals surface area contributed by atoms with Gasteiger partial charge in [0.15, 0.2) is 5.78 Å². The molecule has 0 bridgehead atoms. The Morgan fingerprint density at radius 3 is 1.86 bits per heavy atom. The van der Waals surface area contributed by atoms with Gasteiger partial charge in [-0.05, 0) is 41.4 Å². The van der Waals surface area contributed by atoms with E-state index in [1.54, 1.807) is 0 Å². The number of allylic oxidation sites excluding steroid dienone is 4. The van der Waals surface area contributed by atoms with Gasteiger partial charge in [0.25, 0.3) is 0 Å². The number of carbonyl (C=O) groups is 1. The monoisotopic (exact) mass is 478 g/mol. The largest absolute Gasteiger partial charge is 0.327 e. The van der Waals surface area contributed by atoms with Crippen LogP contribution < -0.4 is 5.73 Å². The van der Waals surface area contributed by atoms with Crippen molar-refractivity contribution in [3.8, 4) is 0 Å². The zero-order valence-electron chi connectivity index (χ0n) is 21.3. The standard InChI is InChI=1S/C33H38N2O/c1-33(20-12-5-13-21-33)24-30(34)23-32(36)31(22-27-14-6-2-7-15-27)35(25-28-16-8-3-9-17-28)26-29-18-10-4-11-19-29/h2-20,30-31H,21-26,34H2,1H3/t30?,31-,33?/m0/s1. The molecule has 186 valence electrons. The molecule has 1 aliphatic rings. The van der Waals surface area contributed by atoms with Crippen molar-refractivity contribution in [1.82, 2.24) is 4.90 Å². The van der Waals surface area contributed by atoms with E-state index in [1.807, 2.05) is 30.3 Å². The number of rotatable bonds is 12. The van der Waals surface area contributed by atoms with Crippen molar-refractivity contribution in [2.45, 2.75) is 57.8 Å². The zero-order valence-corrected chi connectivity index (χ0v) is 21.3. The number of nitrogens with zero attached hydrogens (tertiary/aromatic N) is 1. The summed E-state index contributed by atoms with van der Waals surface area (Å²) in [5, 5.41) is 0. The molecule has 3 atom stereocenters. The van der Waals surface area contributed by atoms with Crippen LogP contribution >= 0.6 is 0 Å². The lowest BCUT2D eigenvalue weighted by molar-refractivity contribution is -0.125. The van der Waals surface area contributed by atoms with E-state index in [4.69, 9.17) is 5.73 Å². The number of hydrogen-bond donors (Lipinski definition) is 1. The fourth-order valence-corrected chi connectivity index (χ4v) is 5.18. The van der Waals surface area contributed by atoms with Gasteiger partial charge in [0.2, 0.25) is 0 Å². The SMILES string of the molecule is CC1(CC(N)CC(=O)[C@H](Cc2ccccc2)N(Cc2ccccc2)Cc2ccccc2)C=CC=CC1. The Hall–Kier alpha value is -3.27. The van der Waals surface area contributed by atoms with Crippen molar-refractivity contribution >= 4 is 5.78 Å². The van der Waals surface area contributed by atoms with Gasteiger partial charge in [0.05, 0.1) is 6.04 Å². The number of ketones is 1. The first-order valence-electron chi connectivity index (χ1n) is 13.0. The highest BCUT2D eigenvalue weighted by molar-refractivity contribution is 5.85. The van der Waals surface area contributed by atoms with Gasteiger partial charge < -0.3 is 5.73 Å². The molecule has 0 heterocycles. The van der Waals surface area contributed by atoms with Crippen molar-refractivity contribution in [3.05, 3.63) is 132 Å². The Bertz CT molecular complexity index is 1100. The molecule has 36 heavy (non-hydrogen) atoms. The first kappa shape index (κ1) is 25.8. The number of benzene rings is 3. The predicted octanol–water partition coefficient (Wildman–Crippen LogP) is 6.50. The lowest BCUT2D eigenvalue weighted by Crippen LogP contribution is -2.44. The normalized spacial score (nSPS) is 18.8. The molecule has 1 aliphatic carbocycles. The molecule has 3 nitrogen and oxygen atoms in total. The highest BCUT2D eigenvalue weighted by Crippen LogP contribution is 2.33. The average Bonchev–Trinajstić information content (AvgIpc) is 2.89. The zero-order chi connectivity index (χ0) is 25.2. The molecule has 3 aromatic carbocycles. The van der Waals surface area contributed by atoms with Gasteiger partial charge >= 0.3 is 0 Å². The van der Waals surface area contributed by atoms with E-state index >= 15 is 0 Å². The second-order valence-electron chi connectivity index (χ2n) is 10.4. The Kier molecular flexibility index (Phi) is 9.05. The predicted molar refractivity (Wildman–Crippen MR) is 149 cm³/mol. The maximum atomic E-state index is 14.0. The van der Waals surface area contributed by atoms with Crippen molar-refractivity contribution < 1.29 is 4.79 Å². The van der Waals surface area contributed by atoms with Crippen LogP contribution in [-0.2, 0) is 24.3 Å². The number of hydrogen-bond acceptors (Lipinski definition) is 3. The van der Waals surface area contributed by atoms with E-state index in [0.717, 1.165) is 12.8 Å². The molecule has 3 aromatic rings. The fourth-order valence-electron chi connectivity index (χ4n) is 5.18. The van der Waals surface area contributed by atoms with Crippen LogP contribution in [0.2, 0.25) is 0 Å². The van der Waals surface area contributed by atoms with E-state index in [9.17, 15) is 4.79 Å². The highest BCUT2D eigenvalue weighted by Gasteiger charge is 2.30. The van der Waals surface area contributed by atoms with E-state index < -0.39 is 0 Å². The lowest BCUT2D eigenvalue weighted by Gasteiger charge is -2.33. The number of Topliss-reactive ketones (excluding diaryl/α,β-unsaturated/α-hetero) is 1. The van der Waals surface area contributed by atoms with Gasteiger partial charge in [0, 0.05) is 25.6 Å². The fraction of sp³-hybridized carbons (Fsp3) is 0.303. The summed E-state index contributed by atoms with van der Waals surface area (Å²) in [6, 6.07) is 30.8. The summed E-state index contributed by atoms with van der Waals surface area (Å²) < 4.78 is 0. The maximum Gasteiger partial charge on any atom is 0.151 e. The van der Waals surface area contributed by atoms with Crippen LogP contribution in [0.4, 0.5) is 0 Å². The van der Waals surface area contributed by atoms with Crippen molar-refractivity contribution in [2.24, 2.45) is 11.1 Å². The first-order chi connectivity index (χ1) is 17.5. The molecular weight excluding hydrogens is 440 g/mol. The van der Waals surface area contributed by atoms with Crippen LogP contribution in [0.5, 0.6) is 0 Å². The third-order valence-electron chi connectivity index (χ3n) is 7.06. The second-order valence-corrected chi connectivity index (χ2v) is 10.4. The topological polar surface area (TPSA) is 46.3 Å². The van der Waals surface area contributed by atoms with Crippen molar-refractivity contribution in [3.63, 3.8) is 0 Å². The van der Waals surface area contributed by atoms with Gasteiger partial charge in [-0.15, -0.1) is 0 Å². The molecule has 0 amide bonds. The third-order valence-corrected chi connectivity index (χ3v) is 7.06. The Balaban J connectivity index is 1.58. The van der Waals surface area contributed by atoms with Crippen LogP contribution in [0.3, 0.4) is 0 Å². The van der Waals surface area contributed by atoms with E-state index in [-0.39, 0.29) is 23.3 Å². The molecule has 0 saturated carbocycles. The average molecular weight is 479 g/mol. The Morgan fingerprint density at radius 2 is 1.36 bits per heavy atom. The van der Waals surface area contributed by atoms with Crippen LogP contribution in [0, 0.1) is 5.41 Å². The van der Waals surface area contributed by atoms with Gasteiger partial charge in [-0.1, -0.05) is 122 Å². The maximum absolute atomic E-state index is 14.0. The van der Waals surface area contributed by atoms with E-state index in [0.29, 0.717) is 25.9 Å². The first-order valence-corrected chi connectivity index (χ1v) is 13.0. The van der Waals surface area contributed by atoms with Crippen LogP contribution in [0.1, 0.15) is 42.9 Å². The van der Waals surface area contributed by atoms with E-state index in [1.165, 1.54) is 16.7 Å². The Labute approximate surface area is 216 Å². The van der Waals surface area contributed by atoms with Crippen molar-refractivity contribution in [1.29, 1.82) is 0 Å². The molecule has 0 saturated heterocycles. The summed E-state index contributed by atoms with van der Waals surface area (Å²) in [6.07, 6.45) is 11.4. The van der Waals surface area contributed by atoms with E-state index in [2.05, 4.69) is 96.8 Å². The highest BCUT2D eigenvalue weighted by atomic mass is 16.1. The molecule has 2 unspecified atom stereocenters. The minimum absolute atomic E-state index is 0.0110. The minimum Gasteiger partial charge on any atom is -0.327 e. The van der Waals surface area contributed by atoms with Gasteiger partial charge in [-0.2, -0.15) is 0 Å². The summed E-state index contributed by atoms with van der Waals surface area (Å²) in [5.41, 5.74) is 10.2. The molecule has 3 heteroatoms. The molecule has 0 aliphatic heterocycles. The quantitative estimate of drug-likeness (QED) is 0.323. The second kappa shape index (κ2) is 12.6. The molecule has 0 fully saturated rings. The molecule has 0 radical (unpaired) electrons. The number of carbonyl (C=O) groups excluding carboxylic acids is 1. The van der Waals surface area contributed by atoms with Gasteiger partial charge in [-0.25, -0.2) is 0 Å². The minimum atomic E-state index is -0.256. The van der Waals surface area contributed by atoms with Crippen LogP contribution in [0.15, 0.2) is 115 Å². The molecule has 2 N–H and O–H groups in total. The van der Waals surface area contributed by atoms with Crippen molar-refractivity contribution in [2.75, 3.05) is 0 Å². The van der Waals surface area contributed by atoms with Crippen LogP contribution in [0.25, 0.3) is 0 Å². The molecule has 0 aromatic heterocycles. The molecule has 4 rings (SSSR count). The summed E-state index contributed by atoms with van der Waals surface area (Å²) in [7, 11) is 0. The number of nitrogens with two attached hydrogens (primary N) is 1. The summed E-state index contributed by atoms with van der Waals surface area (Å²) in [5.74, 6) is 0.220. The smallest absolute Gasteiger partial charge is 0.151 e. The summed E-state index contributed by atoms with van der Waals surface area (Å²) >= 11 is 0. The summed E-state index contributed by atoms with van der Waals surface area (Å²) in [4.78, 5) is 16.3. The lowest BCUT2D eigenvalue weighted by atomic mass is 9.77. The Morgan fingerprint density at radius 1 is 0.833 bits per heavy atom. The van der Waals surface area contributed by atoms with Crippen LogP contribution in [-0.4, -0.2) is 22.8 Å². The third kappa shape index (κ3) is 7.61. The molecule has 0 spiro atoms.